The molecule has 3 nitrogen and oxygen atoms in total. The summed E-state index contributed by atoms with van der Waals surface area (Å²) < 4.78 is 5.13. The maximum atomic E-state index is 5.13. The summed E-state index contributed by atoms with van der Waals surface area (Å²) in [5.41, 5.74) is 0. The second-order valence-electron chi connectivity index (χ2n) is 4.53. The van der Waals surface area contributed by atoms with E-state index in [1.54, 1.807) is 7.11 Å². The minimum absolute atomic E-state index is 0.829. The second-order valence-corrected chi connectivity index (χ2v) is 4.53. The van der Waals surface area contributed by atoms with Crippen LogP contribution in [0.25, 0.3) is 0 Å². The molecule has 0 saturated carbocycles. The van der Waals surface area contributed by atoms with Crippen molar-refractivity contribution in [3.05, 3.63) is 0 Å². The van der Waals surface area contributed by atoms with Gasteiger partial charge in [0.1, 0.15) is 0 Å². The lowest BCUT2D eigenvalue weighted by atomic mass is 9.87. The summed E-state index contributed by atoms with van der Waals surface area (Å²) in [5, 5.41) is 0. The molecule has 82 valence electrons. The second kappa shape index (κ2) is 4.60. The maximum Gasteiger partial charge on any atom is 0.0589 e. The third kappa shape index (κ3) is 1.95. The Bertz CT molecular complexity index is 174. The van der Waals surface area contributed by atoms with Gasteiger partial charge in [0.2, 0.25) is 0 Å². The number of ether oxygens (including phenoxy) is 1. The molecule has 0 aromatic rings. The molecule has 3 aliphatic rings. The molecule has 3 aliphatic heterocycles. The molecule has 0 aromatic heterocycles. The molecule has 0 N–H and O–H groups in total. The summed E-state index contributed by atoms with van der Waals surface area (Å²) in [5.74, 6) is 0. The monoisotopic (exact) mass is 198 g/mol. The van der Waals surface area contributed by atoms with Crippen LogP contribution in [0.2, 0.25) is 0 Å². The third-order valence-corrected chi connectivity index (χ3v) is 3.51. The van der Waals surface area contributed by atoms with Gasteiger partial charge in [0.05, 0.1) is 6.61 Å². The summed E-state index contributed by atoms with van der Waals surface area (Å²) in [6.07, 6.45) is 2.71. The van der Waals surface area contributed by atoms with Crippen LogP contribution in [0.5, 0.6) is 0 Å². The van der Waals surface area contributed by atoms with Crippen LogP contribution in [0.3, 0.4) is 0 Å². The number of hydrogen-bond acceptors (Lipinski definition) is 3. The SMILES string of the molecule is CCCN1CC2CC(C1)N2CCOC. The van der Waals surface area contributed by atoms with Crippen LogP contribution in [0, 0.1) is 0 Å². The highest BCUT2D eigenvalue weighted by atomic mass is 16.5. The summed E-state index contributed by atoms with van der Waals surface area (Å²) in [4.78, 5) is 5.23. The summed E-state index contributed by atoms with van der Waals surface area (Å²) >= 11 is 0. The normalized spacial score (nSPS) is 33.0. The van der Waals surface area contributed by atoms with Crippen LogP contribution in [0.4, 0.5) is 0 Å². The van der Waals surface area contributed by atoms with E-state index in [1.807, 2.05) is 0 Å². The molecule has 0 spiro atoms. The van der Waals surface area contributed by atoms with Crippen molar-refractivity contribution in [3.8, 4) is 0 Å². The Morgan fingerprint density at radius 2 is 1.93 bits per heavy atom. The van der Waals surface area contributed by atoms with Crippen molar-refractivity contribution in [2.75, 3.05) is 39.9 Å². The van der Waals surface area contributed by atoms with Gasteiger partial charge in [-0.05, 0) is 19.4 Å². The van der Waals surface area contributed by atoms with Crippen molar-refractivity contribution in [1.29, 1.82) is 0 Å². The largest absolute Gasteiger partial charge is 0.383 e. The quantitative estimate of drug-likeness (QED) is 0.650. The Labute approximate surface area is 87.0 Å². The highest BCUT2D eigenvalue weighted by Gasteiger charge is 2.43. The summed E-state index contributed by atoms with van der Waals surface area (Å²) in [6, 6.07) is 1.66. The van der Waals surface area contributed by atoms with Crippen LogP contribution in [-0.4, -0.2) is 61.8 Å². The number of piperazine rings is 1. The lowest BCUT2D eigenvalue weighted by molar-refractivity contribution is -0.0771. The van der Waals surface area contributed by atoms with Crippen molar-refractivity contribution < 1.29 is 4.74 Å². The van der Waals surface area contributed by atoms with Gasteiger partial charge in [-0.25, -0.2) is 0 Å². The Balaban J connectivity index is 1.75. The van der Waals surface area contributed by atoms with Crippen LogP contribution in [-0.2, 0) is 4.74 Å². The van der Waals surface area contributed by atoms with Gasteiger partial charge in [-0.15, -0.1) is 0 Å². The zero-order valence-corrected chi connectivity index (χ0v) is 9.41. The fraction of sp³-hybridized carbons (Fsp3) is 1.00. The lowest BCUT2D eigenvalue weighted by Gasteiger charge is -2.56. The molecule has 3 fully saturated rings. The average Bonchev–Trinajstić information content (AvgIpc) is 2.19. The highest BCUT2D eigenvalue weighted by molar-refractivity contribution is 5.00. The van der Waals surface area contributed by atoms with Crippen molar-refractivity contribution in [1.82, 2.24) is 9.80 Å². The number of nitrogens with zero attached hydrogens (tertiary/aromatic N) is 2. The smallest absolute Gasteiger partial charge is 0.0589 e. The molecule has 2 atom stereocenters. The minimum Gasteiger partial charge on any atom is -0.383 e. The van der Waals surface area contributed by atoms with Gasteiger partial charge in [0.15, 0.2) is 0 Å². The summed E-state index contributed by atoms with van der Waals surface area (Å²) in [6.45, 7) is 8.14. The van der Waals surface area contributed by atoms with Gasteiger partial charge in [0, 0.05) is 38.8 Å². The number of piperidine rings is 1. The number of methoxy groups -OCH3 is 1. The standard InChI is InChI=1S/C11H22N2O/c1-3-4-12-8-10-7-11(9-12)13(10)5-6-14-2/h10-11H,3-9H2,1-2H3. The average molecular weight is 198 g/mol. The molecule has 0 aromatic carbocycles. The van der Waals surface area contributed by atoms with Gasteiger partial charge in [-0.3, -0.25) is 4.90 Å². The maximum absolute atomic E-state index is 5.13. The van der Waals surface area contributed by atoms with Crippen molar-refractivity contribution >= 4 is 0 Å². The van der Waals surface area contributed by atoms with Gasteiger partial charge < -0.3 is 9.64 Å². The van der Waals surface area contributed by atoms with E-state index in [1.165, 1.54) is 32.5 Å². The zero-order chi connectivity index (χ0) is 9.97. The first-order valence-corrected chi connectivity index (χ1v) is 5.82. The van der Waals surface area contributed by atoms with E-state index in [0.717, 1.165) is 25.2 Å². The van der Waals surface area contributed by atoms with Gasteiger partial charge in [-0.2, -0.15) is 0 Å². The first kappa shape index (κ1) is 10.4. The molecule has 2 bridgehead atoms. The molecule has 3 saturated heterocycles. The Kier molecular flexibility index (Phi) is 3.42. The molecule has 0 amide bonds. The lowest BCUT2D eigenvalue weighted by Crippen LogP contribution is -2.68. The number of rotatable bonds is 5. The van der Waals surface area contributed by atoms with E-state index in [-0.39, 0.29) is 0 Å². The number of hydrogen-bond donors (Lipinski definition) is 0. The summed E-state index contributed by atoms with van der Waals surface area (Å²) in [7, 11) is 1.79. The number of fused-ring (bicyclic) bond motifs is 2. The predicted molar refractivity (Wildman–Crippen MR) is 57.5 cm³/mol. The highest BCUT2D eigenvalue weighted by Crippen LogP contribution is 2.31. The van der Waals surface area contributed by atoms with E-state index in [4.69, 9.17) is 4.74 Å². The Morgan fingerprint density at radius 3 is 2.50 bits per heavy atom. The van der Waals surface area contributed by atoms with Crippen molar-refractivity contribution in [3.63, 3.8) is 0 Å². The van der Waals surface area contributed by atoms with Gasteiger partial charge >= 0.3 is 0 Å². The molecule has 3 heterocycles. The van der Waals surface area contributed by atoms with Gasteiger partial charge in [0.25, 0.3) is 0 Å². The van der Waals surface area contributed by atoms with E-state index in [2.05, 4.69) is 16.7 Å². The molecular weight excluding hydrogens is 176 g/mol. The zero-order valence-electron chi connectivity index (χ0n) is 9.41. The van der Waals surface area contributed by atoms with E-state index < -0.39 is 0 Å². The molecule has 3 heteroatoms. The first-order chi connectivity index (χ1) is 6.85. The molecule has 14 heavy (non-hydrogen) atoms. The molecule has 2 unspecified atom stereocenters. The Morgan fingerprint density at radius 1 is 1.21 bits per heavy atom. The minimum atomic E-state index is 0.829. The molecule has 0 radical (unpaired) electrons. The fourth-order valence-corrected chi connectivity index (χ4v) is 2.84. The third-order valence-electron chi connectivity index (χ3n) is 3.51. The van der Waals surface area contributed by atoms with Gasteiger partial charge in [-0.1, -0.05) is 6.92 Å². The fourth-order valence-electron chi connectivity index (χ4n) is 2.84. The van der Waals surface area contributed by atoms with Crippen LogP contribution < -0.4 is 0 Å². The first-order valence-electron chi connectivity index (χ1n) is 5.82. The topological polar surface area (TPSA) is 15.7 Å². The molecular formula is C11H22N2O. The van der Waals surface area contributed by atoms with Crippen LogP contribution >= 0.6 is 0 Å². The van der Waals surface area contributed by atoms with E-state index in [0.29, 0.717) is 0 Å². The van der Waals surface area contributed by atoms with Crippen LogP contribution in [0.1, 0.15) is 19.8 Å². The van der Waals surface area contributed by atoms with Crippen molar-refractivity contribution in [2.45, 2.75) is 31.8 Å². The molecule has 0 aliphatic carbocycles. The van der Waals surface area contributed by atoms with E-state index in [9.17, 15) is 0 Å². The van der Waals surface area contributed by atoms with Crippen LogP contribution in [0.15, 0.2) is 0 Å². The Hall–Kier alpha value is -0.120. The predicted octanol–water partition coefficient (Wildman–Crippen LogP) is 0.801. The molecule has 3 rings (SSSR count). The van der Waals surface area contributed by atoms with E-state index >= 15 is 0 Å². The van der Waals surface area contributed by atoms with Crippen molar-refractivity contribution in [2.24, 2.45) is 0 Å².